The monoisotopic (exact) mass is 250 g/mol. The van der Waals surface area contributed by atoms with Gasteiger partial charge in [0, 0.05) is 25.7 Å². The molecule has 0 aliphatic rings. The fourth-order valence-electron chi connectivity index (χ4n) is 1.65. The van der Waals surface area contributed by atoms with Crippen LogP contribution in [0.25, 0.3) is 0 Å². The van der Waals surface area contributed by atoms with Crippen LogP contribution in [0.3, 0.4) is 0 Å². The van der Waals surface area contributed by atoms with Crippen LogP contribution in [0, 0.1) is 6.92 Å². The quantitative estimate of drug-likeness (QED) is 0.835. The fourth-order valence-corrected chi connectivity index (χ4v) is 1.65. The summed E-state index contributed by atoms with van der Waals surface area (Å²) >= 11 is 0. The molecule has 18 heavy (non-hydrogen) atoms. The van der Waals surface area contributed by atoms with E-state index in [9.17, 15) is 4.79 Å². The molecule has 0 bridgehead atoms. The third-order valence-corrected chi connectivity index (χ3v) is 2.78. The van der Waals surface area contributed by atoms with Crippen LogP contribution in [-0.4, -0.2) is 44.6 Å². The SMILES string of the molecule is CCOc1cc(C(=O)N(C)CCNC)ccc1C. The van der Waals surface area contributed by atoms with E-state index in [-0.39, 0.29) is 5.91 Å². The summed E-state index contributed by atoms with van der Waals surface area (Å²) in [5.41, 5.74) is 1.72. The van der Waals surface area contributed by atoms with Gasteiger partial charge in [0.15, 0.2) is 0 Å². The van der Waals surface area contributed by atoms with Gasteiger partial charge in [0.1, 0.15) is 5.75 Å². The Morgan fingerprint density at radius 1 is 1.44 bits per heavy atom. The van der Waals surface area contributed by atoms with E-state index in [1.807, 2.05) is 39.1 Å². The van der Waals surface area contributed by atoms with Crippen molar-refractivity contribution in [3.63, 3.8) is 0 Å². The normalized spacial score (nSPS) is 10.2. The lowest BCUT2D eigenvalue weighted by atomic mass is 10.1. The molecule has 4 nitrogen and oxygen atoms in total. The van der Waals surface area contributed by atoms with Crippen molar-refractivity contribution < 1.29 is 9.53 Å². The summed E-state index contributed by atoms with van der Waals surface area (Å²) in [7, 11) is 3.68. The minimum atomic E-state index is 0.0196. The largest absolute Gasteiger partial charge is 0.494 e. The molecule has 0 aliphatic carbocycles. The number of nitrogens with zero attached hydrogens (tertiary/aromatic N) is 1. The minimum absolute atomic E-state index is 0.0196. The zero-order valence-electron chi connectivity index (χ0n) is 11.6. The van der Waals surface area contributed by atoms with Gasteiger partial charge in [0.05, 0.1) is 6.61 Å². The lowest BCUT2D eigenvalue weighted by Gasteiger charge is -2.17. The first-order chi connectivity index (χ1) is 8.60. The second-order valence-corrected chi connectivity index (χ2v) is 4.24. The van der Waals surface area contributed by atoms with Crippen LogP contribution in [0.2, 0.25) is 0 Å². The number of likely N-dealkylation sites (N-methyl/N-ethyl adjacent to an activating group) is 2. The van der Waals surface area contributed by atoms with Crippen LogP contribution < -0.4 is 10.1 Å². The molecule has 0 radical (unpaired) electrons. The molecule has 0 atom stereocenters. The van der Waals surface area contributed by atoms with Crippen molar-refractivity contribution in [2.45, 2.75) is 13.8 Å². The van der Waals surface area contributed by atoms with Gasteiger partial charge in [-0.25, -0.2) is 0 Å². The van der Waals surface area contributed by atoms with Crippen molar-refractivity contribution in [2.24, 2.45) is 0 Å². The van der Waals surface area contributed by atoms with E-state index in [4.69, 9.17) is 4.74 Å². The van der Waals surface area contributed by atoms with E-state index in [1.54, 1.807) is 11.9 Å². The van der Waals surface area contributed by atoms with Crippen LogP contribution in [0.5, 0.6) is 5.75 Å². The number of rotatable bonds is 6. The summed E-state index contributed by atoms with van der Waals surface area (Å²) in [5.74, 6) is 0.802. The van der Waals surface area contributed by atoms with E-state index >= 15 is 0 Å². The Kier molecular flexibility index (Phi) is 5.65. The fraction of sp³-hybridized carbons (Fsp3) is 0.500. The first-order valence-electron chi connectivity index (χ1n) is 6.23. The van der Waals surface area contributed by atoms with E-state index in [0.717, 1.165) is 17.9 Å². The molecule has 0 saturated heterocycles. The third kappa shape index (κ3) is 3.74. The predicted molar refractivity (Wildman–Crippen MR) is 73.2 cm³/mol. The molecule has 100 valence electrons. The highest BCUT2D eigenvalue weighted by atomic mass is 16.5. The molecule has 1 amide bonds. The number of nitrogens with one attached hydrogen (secondary N) is 1. The number of aryl methyl sites for hydroxylation is 1. The molecule has 0 fully saturated rings. The molecule has 1 N–H and O–H groups in total. The second-order valence-electron chi connectivity index (χ2n) is 4.24. The molecule has 0 unspecified atom stereocenters. The summed E-state index contributed by atoms with van der Waals surface area (Å²) in [6.45, 7) is 5.99. The maximum absolute atomic E-state index is 12.2. The first kappa shape index (κ1) is 14.5. The Balaban J connectivity index is 2.82. The topological polar surface area (TPSA) is 41.6 Å². The van der Waals surface area contributed by atoms with E-state index in [0.29, 0.717) is 18.7 Å². The molecule has 0 saturated carbocycles. The smallest absolute Gasteiger partial charge is 0.253 e. The minimum Gasteiger partial charge on any atom is -0.494 e. The summed E-state index contributed by atoms with van der Waals surface area (Å²) in [6.07, 6.45) is 0. The van der Waals surface area contributed by atoms with Crippen LogP contribution in [0.1, 0.15) is 22.8 Å². The molecule has 1 rings (SSSR count). The Morgan fingerprint density at radius 3 is 2.78 bits per heavy atom. The number of amides is 1. The lowest BCUT2D eigenvalue weighted by molar-refractivity contribution is 0.0796. The highest BCUT2D eigenvalue weighted by Gasteiger charge is 2.12. The van der Waals surface area contributed by atoms with Gasteiger partial charge in [0.25, 0.3) is 5.91 Å². The van der Waals surface area contributed by atoms with Gasteiger partial charge in [-0.05, 0) is 38.6 Å². The highest BCUT2D eigenvalue weighted by molar-refractivity contribution is 5.94. The van der Waals surface area contributed by atoms with Gasteiger partial charge in [0.2, 0.25) is 0 Å². The summed E-state index contributed by atoms with van der Waals surface area (Å²) < 4.78 is 5.51. The predicted octanol–water partition coefficient (Wildman–Crippen LogP) is 1.69. The van der Waals surface area contributed by atoms with Crippen molar-refractivity contribution in [1.29, 1.82) is 0 Å². The maximum Gasteiger partial charge on any atom is 0.253 e. The average Bonchev–Trinajstić information content (AvgIpc) is 2.38. The zero-order valence-corrected chi connectivity index (χ0v) is 11.6. The number of carbonyl (C=O) groups excluding carboxylic acids is 1. The van der Waals surface area contributed by atoms with Gasteiger partial charge in [-0.15, -0.1) is 0 Å². The number of hydrogen-bond acceptors (Lipinski definition) is 3. The number of carbonyl (C=O) groups is 1. The van der Waals surface area contributed by atoms with Gasteiger partial charge >= 0.3 is 0 Å². The molecular formula is C14H22N2O2. The van der Waals surface area contributed by atoms with E-state index in [2.05, 4.69) is 5.32 Å². The Hall–Kier alpha value is -1.55. The molecule has 4 heteroatoms. The first-order valence-corrected chi connectivity index (χ1v) is 6.23. The summed E-state index contributed by atoms with van der Waals surface area (Å²) in [4.78, 5) is 13.9. The average molecular weight is 250 g/mol. The van der Waals surface area contributed by atoms with Crippen LogP contribution in [0.15, 0.2) is 18.2 Å². The van der Waals surface area contributed by atoms with Crippen LogP contribution in [0.4, 0.5) is 0 Å². The Labute approximate surface area is 109 Å². The lowest BCUT2D eigenvalue weighted by Crippen LogP contribution is -2.32. The number of hydrogen-bond donors (Lipinski definition) is 1. The van der Waals surface area contributed by atoms with Gasteiger partial charge in [-0.1, -0.05) is 6.07 Å². The van der Waals surface area contributed by atoms with E-state index in [1.165, 1.54) is 0 Å². The molecule has 1 aromatic rings. The van der Waals surface area contributed by atoms with Crippen molar-refractivity contribution in [3.05, 3.63) is 29.3 Å². The molecule has 1 aromatic carbocycles. The molecular weight excluding hydrogens is 228 g/mol. The number of benzene rings is 1. The second kappa shape index (κ2) is 7.01. The summed E-state index contributed by atoms with van der Waals surface area (Å²) in [5, 5.41) is 3.03. The van der Waals surface area contributed by atoms with Crippen molar-refractivity contribution in [3.8, 4) is 5.75 Å². The zero-order chi connectivity index (χ0) is 13.5. The molecule has 0 aliphatic heterocycles. The highest BCUT2D eigenvalue weighted by Crippen LogP contribution is 2.20. The number of ether oxygens (including phenoxy) is 1. The van der Waals surface area contributed by atoms with Gasteiger partial charge < -0.3 is 15.0 Å². The maximum atomic E-state index is 12.2. The molecule has 0 aromatic heterocycles. The molecule has 0 heterocycles. The molecule has 0 spiro atoms. The van der Waals surface area contributed by atoms with E-state index < -0.39 is 0 Å². The van der Waals surface area contributed by atoms with Crippen molar-refractivity contribution in [1.82, 2.24) is 10.2 Å². The van der Waals surface area contributed by atoms with Crippen molar-refractivity contribution >= 4 is 5.91 Å². The third-order valence-electron chi connectivity index (χ3n) is 2.78. The van der Waals surface area contributed by atoms with Gasteiger partial charge in [-0.2, -0.15) is 0 Å². The Bertz CT molecular complexity index is 405. The Morgan fingerprint density at radius 2 is 2.17 bits per heavy atom. The van der Waals surface area contributed by atoms with Crippen LogP contribution >= 0.6 is 0 Å². The van der Waals surface area contributed by atoms with Gasteiger partial charge in [-0.3, -0.25) is 4.79 Å². The standard InChI is InChI=1S/C14H22N2O2/c1-5-18-13-10-12(7-6-11(13)2)14(17)16(4)9-8-15-3/h6-7,10,15H,5,8-9H2,1-4H3. The van der Waals surface area contributed by atoms with Crippen LogP contribution in [-0.2, 0) is 0 Å². The van der Waals surface area contributed by atoms with Crippen molar-refractivity contribution in [2.75, 3.05) is 33.8 Å². The summed E-state index contributed by atoms with van der Waals surface area (Å²) in [6, 6.07) is 5.58.